The van der Waals surface area contributed by atoms with E-state index in [0.717, 1.165) is 0 Å². The van der Waals surface area contributed by atoms with Gasteiger partial charge in [-0.2, -0.15) is 0 Å². The molecule has 0 rings (SSSR count). The summed E-state index contributed by atoms with van der Waals surface area (Å²) in [5.41, 5.74) is 4.89. The van der Waals surface area contributed by atoms with Crippen molar-refractivity contribution >= 4 is 11.9 Å². The van der Waals surface area contributed by atoms with Crippen LogP contribution in [0.4, 0.5) is 0 Å². The largest absolute Gasteiger partial charge is 0.481 e. The Labute approximate surface area is 76.5 Å². The van der Waals surface area contributed by atoms with Crippen LogP contribution in [0, 0.1) is 11.8 Å². The third-order valence-electron chi connectivity index (χ3n) is 1.99. The van der Waals surface area contributed by atoms with Crippen molar-refractivity contribution in [1.29, 1.82) is 0 Å². The zero-order chi connectivity index (χ0) is 10.4. The summed E-state index contributed by atoms with van der Waals surface area (Å²) in [4.78, 5) is 21.1. The Morgan fingerprint density at radius 1 is 1.46 bits per heavy atom. The molecule has 0 aliphatic rings. The van der Waals surface area contributed by atoms with E-state index in [4.69, 9.17) is 15.9 Å². The molecule has 0 bridgehead atoms. The maximum Gasteiger partial charge on any atom is 0.306 e. The van der Waals surface area contributed by atoms with E-state index in [1.165, 1.54) is 0 Å². The van der Waals surface area contributed by atoms with Crippen molar-refractivity contribution < 1.29 is 19.8 Å². The van der Waals surface area contributed by atoms with Crippen molar-refractivity contribution in [3.63, 3.8) is 0 Å². The van der Waals surface area contributed by atoms with Crippen molar-refractivity contribution in [3.8, 4) is 0 Å². The highest BCUT2D eigenvalue weighted by Gasteiger charge is 2.24. The number of nitrogens with two attached hydrogens (primary N) is 1. The summed E-state index contributed by atoms with van der Waals surface area (Å²) < 4.78 is 0. The fourth-order valence-corrected chi connectivity index (χ4v) is 1.08. The van der Waals surface area contributed by atoms with Crippen LogP contribution in [0.1, 0.15) is 19.8 Å². The number of aliphatic hydroxyl groups is 1. The molecule has 0 saturated carbocycles. The Kier molecular flexibility index (Phi) is 5.06. The Bertz CT molecular complexity index is 193. The van der Waals surface area contributed by atoms with Crippen LogP contribution in [0.2, 0.25) is 0 Å². The summed E-state index contributed by atoms with van der Waals surface area (Å²) in [5.74, 6) is -2.56. The molecule has 0 heterocycles. The SMILES string of the molecule is CC(CO)C(CCC(N)=O)C(=O)O. The summed E-state index contributed by atoms with van der Waals surface area (Å²) >= 11 is 0. The van der Waals surface area contributed by atoms with Gasteiger partial charge in [-0.05, 0) is 12.3 Å². The highest BCUT2D eigenvalue weighted by atomic mass is 16.4. The van der Waals surface area contributed by atoms with Gasteiger partial charge in [-0.15, -0.1) is 0 Å². The van der Waals surface area contributed by atoms with Gasteiger partial charge in [0.15, 0.2) is 0 Å². The van der Waals surface area contributed by atoms with Gasteiger partial charge in [0.25, 0.3) is 0 Å². The lowest BCUT2D eigenvalue weighted by Crippen LogP contribution is -2.26. The normalized spacial score (nSPS) is 14.9. The Morgan fingerprint density at radius 2 is 2.00 bits per heavy atom. The number of primary amides is 1. The second-order valence-corrected chi connectivity index (χ2v) is 3.11. The molecular weight excluding hydrogens is 174 g/mol. The smallest absolute Gasteiger partial charge is 0.306 e. The number of hydrogen-bond acceptors (Lipinski definition) is 3. The summed E-state index contributed by atoms with van der Waals surface area (Å²) in [6, 6.07) is 0. The number of carboxylic acids is 1. The summed E-state index contributed by atoms with van der Waals surface area (Å²) in [7, 11) is 0. The van der Waals surface area contributed by atoms with E-state index in [0.29, 0.717) is 0 Å². The van der Waals surface area contributed by atoms with Crippen LogP contribution in [0.25, 0.3) is 0 Å². The Balaban J connectivity index is 4.10. The molecule has 0 saturated heterocycles. The molecule has 0 radical (unpaired) electrons. The first-order valence-electron chi connectivity index (χ1n) is 4.11. The van der Waals surface area contributed by atoms with Crippen LogP contribution in [-0.4, -0.2) is 28.7 Å². The van der Waals surface area contributed by atoms with Gasteiger partial charge in [0.05, 0.1) is 5.92 Å². The van der Waals surface area contributed by atoms with E-state index < -0.39 is 17.8 Å². The van der Waals surface area contributed by atoms with E-state index in [9.17, 15) is 9.59 Å². The number of aliphatic hydroxyl groups excluding tert-OH is 1. The molecule has 1 amide bonds. The Hall–Kier alpha value is -1.10. The van der Waals surface area contributed by atoms with E-state index in [-0.39, 0.29) is 25.4 Å². The molecule has 0 spiro atoms. The number of carbonyl (C=O) groups excluding carboxylic acids is 1. The minimum Gasteiger partial charge on any atom is -0.481 e. The van der Waals surface area contributed by atoms with Gasteiger partial charge in [-0.1, -0.05) is 6.92 Å². The van der Waals surface area contributed by atoms with Crippen molar-refractivity contribution in [2.45, 2.75) is 19.8 Å². The van der Waals surface area contributed by atoms with Crippen LogP contribution >= 0.6 is 0 Å². The van der Waals surface area contributed by atoms with Crippen LogP contribution in [0.5, 0.6) is 0 Å². The maximum absolute atomic E-state index is 10.6. The van der Waals surface area contributed by atoms with Gasteiger partial charge >= 0.3 is 5.97 Å². The van der Waals surface area contributed by atoms with Crippen molar-refractivity contribution in [1.82, 2.24) is 0 Å². The van der Waals surface area contributed by atoms with Crippen LogP contribution in [0.3, 0.4) is 0 Å². The topological polar surface area (TPSA) is 101 Å². The molecule has 76 valence electrons. The third kappa shape index (κ3) is 4.47. The second kappa shape index (κ2) is 5.53. The number of amides is 1. The lowest BCUT2D eigenvalue weighted by molar-refractivity contribution is -0.144. The molecule has 0 fully saturated rings. The molecule has 5 nitrogen and oxygen atoms in total. The van der Waals surface area contributed by atoms with E-state index in [2.05, 4.69) is 0 Å². The fourth-order valence-electron chi connectivity index (χ4n) is 1.08. The standard InChI is InChI=1S/C8H15NO4/c1-5(4-10)6(8(12)13)2-3-7(9)11/h5-6,10H,2-4H2,1H3,(H2,9,11)(H,12,13). The highest BCUT2D eigenvalue weighted by Crippen LogP contribution is 2.17. The molecule has 4 N–H and O–H groups in total. The molecule has 0 aromatic heterocycles. The quantitative estimate of drug-likeness (QED) is 0.528. The number of carbonyl (C=O) groups is 2. The molecule has 0 aliphatic carbocycles. The monoisotopic (exact) mass is 189 g/mol. The van der Waals surface area contributed by atoms with E-state index in [1.54, 1.807) is 6.92 Å². The van der Waals surface area contributed by atoms with E-state index >= 15 is 0 Å². The lowest BCUT2D eigenvalue weighted by Gasteiger charge is -2.16. The zero-order valence-electron chi connectivity index (χ0n) is 7.56. The number of carboxylic acid groups (broad SMARTS) is 1. The zero-order valence-corrected chi connectivity index (χ0v) is 7.56. The first-order valence-corrected chi connectivity index (χ1v) is 4.11. The molecule has 5 heteroatoms. The third-order valence-corrected chi connectivity index (χ3v) is 1.99. The molecule has 2 atom stereocenters. The van der Waals surface area contributed by atoms with Crippen molar-refractivity contribution in [3.05, 3.63) is 0 Å². The average Bonchev–Trinajstić information content (AvgIpc) is 2.03. The Morgan fingerprint density at radius 3 is 2.31 bits per heavy atom. The van der Waals surface area contributed by atoms with Gasteiger partial charge in [-0.25, -0.2) is 0 Å². The highest BCUT2D eigenvalue weighted by molar-refractivity contribution is 5.75. The molecule has 2 unspecified atom stereocenters. The van der Waals surface area contributed by atoms with Crippen LogP contribution in [-0.2, 0) is 9.59 Å². The molecule has 0 aromatic rings. The van der Waals surface area contributed by atoms with Gasteiger partial charge in [0.1, 0.15) is 0 Å². The van der Waals surface area contributed by atoms with Gasteiger partial charge < -0.3 is 15.9 Å². The van der Waals surface area contributed by atoms with E-state index in [1.807, 2.05) is 0 Å². The summed E-state index contributed by atoms with van der Waals surface area (Å²) in [6.45, 7) is 1.43. The first-order chi connectivity index (χ1) is 5.99. The number of aliphatic carboxylic acids is 1. The van der Waals surface area contributed by atoms with Crippen LogP contribution < -0.4 is 5.73 Å². The van der Waals surface area contributed by atoms with Gasteiger partial charge in [-0.3, -0.25) is 9.59 Å². The van der Waals surface area contributed by atoms with Crippen LogP contribution in [0.15, 0.2) is 0 Å². The second-order valence-electron chi connectivity index (χ2n) is 3.11. The number of rotatable bonds is 6. The summed E-state index contributed by atoms with van der Waals surface area (Å²) in [6.07, 6.45) is 0.230. The lowest BCUT2D eigenvalue weighted by atomic mass is 9.90. The fraction of sp³-hybridized carbons (Fsp3) is 0.750. The number of hydrogen-bond donors (Lipinski definition) is 3. The molecule has 0 aromatic carbocycles. The maximum atomic E-state index is 10.6. The molecule has 0 aliphatic heterocycles. The summed E-state index contributed by atoms with van der Waals surface area (Å²) in [5, 5.41) is 17.5. The van der Waals surface area contributed by atoms with Gasteiger partial charge in [0.2, 0.25) is 5.91 Å². The predicted octanol–water partition coefficient (Wildman–Crippen LogP) is -0.419. The predicted molar refractivity (Wildman–Crippen MR) is 45.8 cm³/mol. The molecule has 13 heavy (non-hydrogen) atoms. The van der Waals surface area contributed by atoms with Gasteiger partial charge in [0, 0.05) is 13.0 Å². The van der Waals surface area contributed by atoms with Crippen molar-refractivity contribution in [2.75, 3.05) is 6.61 Å². The van der Waals surface area contributed by atoms with Crippen molar-refractivity contribution in [2.24, 2.45) is 17.6 Å². The minimum absolute atomic E-state index is 0.0430. The minimum atomic E-state index is -0.997. The molecular formula is C8H15NO4. The first kappa shape index (κ1) is 11.9. The average molecular weight is 189 g/mol.